The summed E-state index contributed by atoms with van der Waals surface area (Å²) >= 11 is 1.61. The number of ether oxygens (including phenoxy) is 1. The van der Waals surface area contributed by atoms with Crippen LogP contribution in [0.1, 0.15) is 37.9 Å². The van der Waals surface area contributed by atoms with E-state index in [4.69, 9.17) is 4.74 Å². The molecule has 2 rings (SSSR count). The number of thioether (sulfide) groups is 1. The highest BCUT2D eigenvalue weighted by molar-refractivity contribution is 7.98. The predicted molar refractivity (Wildman–Crippen MR) is 98.5 cm³/mol. The monoisotopic (exact) mass is 384 g/mol. The molecule has 1 aromatic rings. The first-order chi connectivity index (χ1) is 12.6. The van der Waals surface area contributed by atoms with E-state index in [1.54, 1.807) is 11.8 Å². The Morgan fingerprint density at radius 2 is 2.00 bits per heavy atom. The van der Waals surface area contributed by atoms with Crippen LogP contribution in [0.25, 0.3) is 0 Å². The lowest BCUT2D eigenvalue weighted by Crippen LogP contribution is -2.43. The first-order valence-corrected chi connectivity index (χ1v) is 10.4. The van der Waals surface area contributed by atoms with E-state index in [1.165, 1.54) is 37.5 Å². The number of rotatable bonds is 9. The lowest BCUT2D eigenvalue weighted by atomic mass is 10.2. The van der Waals surface area contributed by atoms with Crippen LogP contribution in [-0.4, -0.2) is 75.2 Å². The Balaban J connectivity index is 1.91. The number of nitrogens with zero attached hydrogens (tertiary/aromatic N) is 5. The molecule has 0 unspecified atom stereocenters. The van der Waals surface area contributed by atoms with Crippen LogP contribution in [0.5, 0.6) is 0 Å². The summed E-state index contributed by atoms with van der Waals surface area (Å²) in [4.78, 5) is 26.5. The molecular weight excluding hydrogens is 356 g/mol. The number of carbonyl (C=O) groups is 2. The van der Waals surface area contributed by atoms with E-state index in [0.717, 1.165) is 18.8 Å². The second-order valence-electron chi connectivity index (χ2n) is 6.37. The molecule has 1 aliphatic heterocycles. The molecule has 1 saturated heterocycles. The van der Waals surface area contributed by atoms with Crippen molar-refractivity contribution in [2.45, 2.75) is 51.2 Å². The molecule has 0 aliphatic carbocycles. The maximum absolute atomic E-state index is 12.3. The van der Waals surface area contributed by atoms with E-state index < -0.39 is 12.0 Å². The van der Waals surface area contributed by atoms with Crippen molar-refractivity contribution >= 4 is 23.6 Å². The topological polar surface area (TPSA) is 102 Å². The smallest absolute Gasteiger partial charge is 0.328 e. The second-order valence-corrected chi connectivity index (χ2v) is 7.35. The summed E-state index contributed by atoms with van der Waals surface area (Å²) in [5.41, 5.74) is 0. The van der Waals surface area contributed by atoms with Crippen molar-refractivity contribution in [2.75, 3.05) is 32.2 Å². The van der Waals surface area contributed by atoms with Crippen LogP contribution in [0.4, 0.5) is 0 Å². The minimum absolute atomic E-state index is 0.0110. The zero-order chi connectivity index (χ0) is 18.8. The number of hydrogen-bond acceptors (Lipinski definition) is 8. The number of likely N-dealkylation sites (tertiary alicyclic amines) is 1. The average molecular weight is 385 g/mol. The van der Waals surface area contributed by atoms with E-state index in [9.17, 15) is 9.59 Å². The number of methoxy groups -OCH3 is 1. The molecule has 0 spiro atoms. The Morgan fingerprint density at radius 1 is 1.27 bits per heavy atom. The quantitative estimate of drug-likeness (QED) is 0.613. The van der Waals surface area contributed by atoms with Gasteiger partial charge in [0, 0.05) is 0 Å². The molecule has 1 N–H and O–H groups in total. The summed E-state index contributed by atoms with van der Waals surface area (Å²) in [5.74, 6) is 0.686. The van der Waals surface area contributed by atoms with Gasteiger partial charge in [-0.2, -0.15) is 11.8 Å². The van der Waals surface area contributed by atoms with Crippen LogP contribution in [0, 0.1) is 0 Å². The molecule has 0 saturated carbocycles. The van der Waals surface area contributed by atoms with E-state index in [2.05, 4.69) is 25.7 Å². The fourth-order valence-corrected chi connectivity index (χ4v) is 3.43. The molecule has 1 atom stereocenters. The van der Waals surface area contributed by atoms with Crippen LogP contribution < -0.4 is 5.32 Å². The minimum atomic E-state index is -0.648. The summed E-state index contributed by atoms with van der Waals surface area (Å²) in [6, 6.07) is -0.648. The van der Waals surface area contributed by atoms with Crippen molar-refractivity contribution in [2.24, 2.45) is 0 Å². The molecule has 26 heavy (non-hydrogen) atoms. The van der Waals surface area contributed by atoms with Crippen molar-refractivity contribution in [1.29, 1.82) is 0 Å². The molecule has 1 fully saturated rings. The van der Waals surface area contributed by atoms with Crippen LogP contribution in [0.2, 0.25) is 0 Å². The SMILES string of the molecule is COC(=O)[C@@H](CCSC)NC(=O)Cn1nnnc1CN1CCCCCC1. The van der Waals surface area contributed by atoms with Gasteiger partial charge in [0.05, 0.1) is 13.7 Å². The highest BCUT2D eigenvalue weighted by Crippen LogP contribution is 2.12. The minimum Gasteiger partial charge on any atom is -0.467 e. The van der Waals surface area contributed by atoms with Gasteiger partial charge in [0.2, 0.25) is 5.91 Å². The van der Waals surface area contributed by atoms with E-state index in [0.29, 0.717) is 18.8 Å². The summed E-state index contributed by atoms with van der Waals surface area (Å²) in [6.07, 6.45) is 7.35. The van der Waals surface area contributed by atoms with Crippen LogP contribution in [0.3, 0.4) is 0 Å². The lowest BCUT2D eigenvalue weighted by molar-refractivity contribution is -0.145. The molecule has 10 heteroatoms. The molecular formula is C16H28N6O3S. The van der Waals surface area contributed by atoms with Crippen LogP contribution in [-0.2, 0) is 27.4 Å². The average Bonchev–Trinajstić information content (AvgIpc) is 2.90. The molecule has 9 nitrogen and oxygen atoms in total. The molecule has 0 radical (unpaired) electrons. The van der Waals surface area contributed by atoms with Gasteiger partial charge in [-0.25, -0.2) is 9.48 Å². The van der Waals surface area contributed by atoms with Gasteiger partial charge in [0.1, 0.15) is 12.6 Å². The fourth-order valence-electron chi connectivity index (χ4n) is 2.96. The van der Waals surface area contributed by atoms with E-state index >= 15 is 0 Å². The van der Waals surface area contributed by atoms with Crippen molar-refractivity contribution in [3.8, 4) is 0 Å². The van der Waals surface area contributed by atoms with Gasteiger partial charge >= 0.3 is 5.97 Å². The Labute approximate surface area is 158 Å². The molecule has 2 heterocycles. The number of tetrazole rings is 1. The van der Waals surface area contributed by atoms with Gasteiger partial charge in [-0.3, -0.25) is 9.69 Å². The van der Waals surface area contributed by atoms with E-state index in [-0.39, 0.29) is 12.5 Å². The Morgan fingerprint density at radius 3 is 2.65 bits per heavy atom. The summed E-state index contributed by atoms with van der Waals surface area (Å²) in [5, 5.41) is 14.4. The largest absolute Gasteiger partial charge is 0.467 e. The maximum Gasteiger partial charge on any atom is 0.328 e. The standard InChI is InChI=1S/C16H28N6O3S/c1-25-16(24)13(7-10-26-2)17-15(23)12-22-14(18-19-20-22)11-21-8-5-3-4-6-9-21/h13H,3-12H2,1-2H3,(H,17,23)/t13-/m1/s1. The number of esters is 1. The molecule has 1 aromatic heterocycles. The Hall–Kier alpha value is -1.68. The van der Waals surface area contributed by atoms with Crippen LogP contribution >= 0.6 is 11.8 Å². The van der Waals surface area contributed by atoms with Gasteiger partial charge in [-0.15, -0.1) is 5.10 Å². The van der Waals surface area contributed by atoms with Crippen molar-refractivity contribution in [1.82, 2.24) is 30.4 Å². The molecule has 1 aliphatic rings. The third-order valence-corrected chi connectivity index (χ3v) is 5.04. The summed E-state index contributed by atoms with van der Waals surface area (Å²) < 4.78 is 6.27. The highest BCUT2D eigenvalue weighted by atomic mass is 32.2. The zero-order valence-electron chi connectivity index (χ0n) is 15.5. The Bertz CT molecular complexity index is 574. The first-order valence-electron chi connectivity index (χ1n) is 8.97. The van der Waals surface area contributed by atoms with Gasteiger partial charge in [0.25, 0.3) is 0 Å². The van der Waals surface area contributed by atoms with Gasteiger partial charge in [0.15, 0.2) is 5.82 Å². The summed E-state index contributed by atoms with van der Waals surface area (Å²) in [7, 11) is 1.32. The van der Waals surface area contributed by atoms with Crippen molar-refractivity contribution in [3.63, 3.8) is 0 Å². The molecule has 146 valence electrons. The first kappa shape index (κ1) is 20.6. The lowest BCUT2D eigenvalue weighted by Gasteiger charge is -2.19. The van der Waals surface area contributed by atoms with Gasteiger partial charge in [-0.05, 0) is 54.8 Å². The highest BCUT2D eigenvalue weighted by Gasteiger charge is 2.22. The number of amides is 1. The molecule has 0 aromatic carbocycles. The predicted octanol–water partition coefficient (Wildman–Crippen LogP) is 0.460. The van der Waals surface area contributed by atoms with Crippen molar-refractivity contribution < 1.29 is 14.3 Å². The zero-order valence-corrected chi connectivity index (χ0v) is 16.3. The maximum atomic E-state index is 12.3. The fraction of sp³-hybridized carbons (Fsp3) is 0.812. The number of nitrogens with one attached hydrogen (secondary N) is 1. The number of aromatic nitrogens is 4. The van der Waals surface area contributed by atoms with Crippen molar-refractivity contribution in [3.05, 3.63) is 5.82 Å². The van der Waals surface area contributed by atoms with Crippen LogP contribution in [0.15, 0.2) is 0 Å². The number of carbonyl (C=O) groups excluding carboxylic acids is 2. The van der Waals surface area contributed by atoms with Gasteiger partial charge in [-0.1, -0.05) is 12.8 Å². The van der Waals surface area contributed by atoms with Gasteiger partial charge < -0.3 is 10.1 Å². The third-order valence-electron chi connectivity index (χ3n) is 4.39. The normalized spacial score (nSPS) is 16.7. The third kappa shape index (κ3) is 6.56. The van der Waals surface area contributed by atoms with E-state index in [1.807, 2.05) is 6.26 Å². The Kier molecular flexibility index (Phi) is 8.82. The molecule has 1 amide bonds. The molecule has 0 bridgehead atoms. The summed E-state index contributed by atoms with van der Waals surface area (Å²) in [6.45, 7) is 2.67. The second kappa shape index (κ2) is 11.1. The number of hydrogen-bond donors (Lipinski definition) is 1.